The number of benzene rings is 2. The molecule has 0 bridgehead atoms. The minimum Gasteiger partial charge on any atom is -0.303 e. The molecule has 4 heteroatoms. The number of aromatic nitrogens is 1. The van der Waals surface area contributed by atoms with Crippen LogP contribution in [0, 0.1) is 0 Å². The van der Waals surface area contributed by atoms with E-state index in [9.17, 15) is 4.79 Å². The normalized spacial score (nSPS) is 10.8. The predicted octanol–water partition coefficient (Wildman–Crippen LogP) is 4.98. The fraction of sp³-hybridized carbons (Fsp3) is 0.0476. The molecular formula is C21H17ClN2O. The van der Waals surface area contributed by atoms with Crippen molar-refractivity contribution >= 4 is 29.3 Å². The number of halogens is 1. The molecule has 25 heavy (non-hydrogen) atoms. The maximum Gasteiger partial charge on any atom is 0.251 e. The average molecular weight is 349 g/mol. The first-order chi connectivity index (χ1) is 12.2. The molecule has 0 spiro atoms. The molecule has 0 aliphatic rings. The summed E-state index contributed by atoms with van der Waals surface area (Å²) in [5.74, 6) is -0.114. The summed E-state index contributed by atoms with van der Waals surface area (Å²) in [4.78, 5) is 18.8. The van der Waals surface area contributed by atoms with Crippen LogP contribution in [0.2, 0.25) is 5.02 Å². The monoisotopic (exact) mass is 348 g/mol. The van der Waals surface area contributed by atoms with Gasteiger partial charge in [0.2, 0.25) is 0 Å². The number of carbonyl (C=O) groups is 1. The number of pyridine rings is 1. The number of nitrogens with zero attached hydrogens (tertiary/aromatic N) is 2. The highest BCUT2D eigenvalue weighted by atomic mass is 35.5. The van der Waals surface area contributed by atoms with E-state index < -0.39 is 0 Å². The third-order valence-corrected chi connectivity index (χ3v) is 3.92. The maximum atomic E-state index is 12.8. The van der Waals surface area contributed by atoms with E-state index in [0.717, 1.165) is 16.9 Å². The van der Waals surface area contributed by atoms with Crippen molar-refractivity contribution in [2.75, 3.05) is 4.90 Å². The summed E-state index contributed by atoms with van der Waals surface area (Å²) < 4.78 is 0. The molecule has 0 N–H and O–H groups in total. The molecule has 0 atom stereocenters. The van der Waals surface area contributed by atoms with Gasteiger partial charge in [0.05, 0.1) is 12.2 Å². The van der Waals surface area contributed by atoms with Gasteiger partial charge >= 0.3 is 0 Å². The standard InChI is InChI=1S/C21H17ClN2O/c22-18-10-12-20(13-11-18)24(16-19-8-4-5-15-23-19)21(25)14-9-17-6-2-1-3-7-17/h1-15H,16H2/b14-9+. The van der Waals surface area contributed by atoms with Crippen molar-refractivity contribution in [3.05, 3.63) is 101 Å². The fourth-order valence-electron chi connectivity index (χ4n) is 2.39. The Bertz CT molecular complexity index is 846. The highest BCUT2D eigenvalue weighted by Crippen LogP contribution is 2.20. The van der Waals surface area contributed by atoms with Gasteiger partial charge in [0.25, 0.3) is 5.91 Å². The lowest BCUT2D eigenvalue weighted by Gasteiger charge is -2.21. The molecule has 1 heterocycles. The summed E-state index contributed by atoms with van der Waals surface area (Å²) in [6.45, 7) is 0.389. The van der Waals surface area contributed by atoms with Crippen molar-refractivity contribution in [1.82, 2.24) is 4.98 Å². The number of hydrogen-bond donors (Lipinski definition) is 0. The molecule has 0 unspecified atom stereocenters. The Labute approximate surface area is 152 Å². The molecule has 0 radical (unpaired) electrons. The van der Waals surface area contributed by atoms with Crippen molar-refractivity contribution in [1.29, 1.82) is 0 Å². The van der Waals surface area contributed by atoms with E-state index in [1.807, 2.05) is 66.7 Å². The molecule has 1 aromatic heterocycles. The zero-order chi connectivity index (χ0) is 17.5. The second kappa shape index (κ2) is 8.27. The number of carbonyl (C=O) groups excluding carboxylic acids is 1. The Hall–Kier alpha value is -2.91. The molecule has 1 amide bonds. The van der Waals surface area contributed by atoms with Gasteiger partial charge in [-0.2, -0.15) is 0 Å². The molecule has 0 saturated heterocycles. The van der Waals surface area contributed by atoms with Crippen LogP contribution < -0.4 is 4.90 Å². The number of hydrogen-bond acceptors (Lipinski definition) is 2. The van der Waals surface area contributed by atoms with Crippen LogP contribution in [0.15, 0.2) is 85.1 Å². The maximum absolute atomic E-state index is 12.8. The van der Waals surface area contributed by atoms with Gasteiger partial charge in [-0.1, -0.05) is 48.0 Å². The predicted molar refractivity (Wildman–Crippen MR) is 102 cm³/mol. The van der Waals surface area contributed by atoms with Gasteiger partial charge in [-0.3, -0.25) is 9.78 Å². The van der Waals surface area contributed by atoms with Crippen molar-refractivity contribution < 1.29 is 4.79 Å². The summed E-state index contributed by atoms with van der Waals surface area (Å²) in [6, 6.07) is 22.6. The first kappa shape index (κ1) is 16.9. The Morgan fingerprint density at radius 1 is 0.960 bits per heavy atom. The molecule has 0 aliphatic heterocycles. The van der Waals surface area contributed by atoms with Crippen LogP contribution in [0.4, 0.5) is 5.69 Å². The molecule has 3 nitrogen and oxygen atoms in total. The summed E-state index contributed by atoms with van der Waals surface area (Å²) in [6.07, 6.45) is 5.11. The highest BCUT2D eigenvalue weighted by molar-refractivity contribution is 6.30. The van der Waals surface area contributed by atoms with Gasteiger partial charge in [-0.25, -0.2) is 0 Å². The van der Waals surface area contributed by atoms with Crippen LogP contribution in [0.5, 0.6) is 0 Å². The van der Waals surface area contributed by atoms with E-state index in [2.05, 4.69) is 4.98 Å². The minimum atomic E-state index is -0.114. The first-order valence-electron chi connectivity index (χ1n) is 7.92. The third kappa shape index (κ3) is 4.78. The molecule has 124 valence electrons. The number of anilines is 1. The average Bonchev–Trinajstić information content (AvgIpc) is 2.67. The zero-order valence-electron chi connectivity index (χ0n) is 13.5. The van der Waals surface area contributed by atoms with E-state index in [1.165, 1.54) is 0 Å². The molecule has 3 aromatic rings. The zero-order valence-corrected chi connectivity index (χ0v) is 14.3. The second-order valence-electron chi connectivity index (χ2n) is 5.47. The lowest BCUT2D eigenvalue weighted by molar-refractivity contribution is -0.114. The van der Waals surface area contributed by atoms with Crippen LogP contribution in [-0.4, -0.2) is 10.9 Å². The van der Waals surface area contributed by atoms with Crippen LogP contribution in [0.3, 0.4) is 0 Å². The van der Waals surface area contributed by atoms with E-state index in [4.69, 9.17) is 11.6 Å². The third-order valence-electron chi connectivity index (χ3n) is 3.67. The van der Waals surface area contributed by atoms with Gasteiger partial charge in [0.15, 0.2) is 0 Å². The molecule has 0 aliphatic carbocycles. The first-order valence-corrected chi connectivity index (χ1v) is 8.30. The Balaban J connectivity index is 1.86. The van der Waals surface area contributed by atoms with Gasteiger partial charge in [0.1, 0.15) is 0 Å². The Morgan fingerprint density at radius 3 is 2.36 bits per heavy atom. The van der Waals surface area contributed by atoms with Crippen LogP contribution in [0.25, 0.3) is 6.08 Å². The molecular weight excluding hydrogens is 332 g/mol. The van der Waals surface area contributed by atoms with Crippen molar-refractivity contribution in [2.24, 2.45) is 0 Å². The van der Waals surface area contributed by atoms with Crippen LogP contribution in [0.1, 0.15) is 11.3 Å². The lowest BCUT2D eigenvalue weighted by atomic mass is 10.2. The number of amides is 1. The van der Waals surface area contributed by atoms with Crippen molar-refractivity contribution in [3.63, 3.8) is 0 Å². The molecule has 3 rings (SSSR count). The summed E-state index contributed by atoms with van der Waals surface area (Å²) in [5.41, 5.74) is 2.57. The highest BCUT2D eigenvalue weighted by Gasteiger charge is 2.14. The van der Waals surface area contributed by atoms with Crippen molar-refractivity contribution in [2.45, 2.75) is 6.54 Å². The summed E-state index contributed by atoms with van der Waals surface area (Å²) in [5, 5.41) is 0.633. The van der Waals surface area contributed by atoms with E-state index in [-0.39, 0.29) is 5.91 Å². The van der Waals surface area contributed by atoms with E-state index in [1.54, 1.807) is 29.3 Å². The summed E-state index contributed by atoms with van der Waals surface area (Å²) >= 11 is 5.97. The Morgan fingerprint density at radius 2 is 1.68 bits per heavy atom. The topological polar surface area (TPSA) is 33.2 Å². The molecule has 0 saturated carbocycles. The summed E-state index contributed by atoms with van der Waals surface area (Å²) in [7, 11) is 0. The Kier molecular flexibility index (Phi) is 5.60. The SMILES string of the molecule is O=C(/C=C/c1ccccc1)N(Cc1ccccn1)c1ccc(Cl)cc1. The largest absolute Gasteiger partial charge is 0.303 e. The minimum absolute atomic E-state index is 0.114. The van der Waals surface area contributed by atoms with E-state index in [0.29, 0.717) is 11.6 Å². The fourth-order valence-corrected chi connectivity index (χ4v) is 2.52. The quantitative estimate of drug-likeness (QED) is 0.609. The van der Waals surface area contributed by atoms with Crippen molar-refractivity contribution in [3.8, 4) is 0 Å². The van der Waals surface area contributed by atoms with Gasteiger partial charge in [-0.15, -0.1) is 0 Å². The smallest absolute Gasteiger partial charge is 0.251 e. The van der Waals surface area contributed by atoms with Gasteiger partial charge in [0, 0.05) is 23.0 Å². The lowest BCUT2D eigenvalue weighted by Crippen LogP contribution is -2.29. The van der Waals surface area contributed by atoms with Gasteiger partial charge < -0.3 is 4.90 Å². The second-order valence-corrected chi connectivity index (χ2v) is 5.90. The van der Waals surface area contributed by atoms with Crippen LogP contribution >= 0.6 is 11.6 Å². The molecule has 0 fully saturated rings. The number of rotatable bonds is 5. The molecule has 2 aromatic carbocycles. The van der Waals surface area contributed by atoms with E-state index >= 15 is 0 Å². The van der Waals surface area contributed by atoms with Crippen LogP contribution in [-0.2, 0) is 11.3 Å². The van der Waals surface area contributed by atoms with Gasteiger partial charge in [-0.05, 0) is 48.0 Å².